The van der Waals surface area contributed by atoms with E-state index in [9.17, 15) is 9.90 Å². The lowest BCUT2D eigenvalue weighted by molar-refractivity contribution is -0.129. The summed E-state index contributed by atoms with van der Waals surface area (Å²) in [6.07, 6.45) is 5.70. The van der Waals surface area contributed by atoms with Crippen LogP contribution in [-0.2, 0) is 4.79 Å². The number of carbonyl (C=O) groups is 1. The molecule has 0 radical (unpaired) electrons. The Bertz CT molecular complexity index is 225. The van der Waals surface area contributed by atoms with Crippen LogP contribution in [0.15, 0.2) is 0 Å². The van der Waals surface area contributed by atoms with Crippen LogP contribution in [0.3, 0.4) is 0 Å². The predicted octanol–water partition coefficient (Wildman–Crippen LogP) is 0.803. The molecule has 2 aliphatic rings. The van der Waals surface area contributed by atoms with Crippen molar-refractivity contribution in [2.24, 2.45) is 17.6 Å². The van der Waals surface area contributed by atoms with Gasteiger partial charge in [0.1, 0.15) is 0 Å². The predicted molar refractivity (Wildman–Crippen MR) is 48.8 cm³/mol. The first-order chi connectivity index (χ1) is 6.12. The van der Waals surface area contributed by atoms with E-state index in [1.54, 1.807) is 0 Å². The second kappa shape index (κ2) is 2.98. The Labute approximate surface area is 78.3 Å². The summed E-state index contributed by atoms with van der Waals surface area (Å²) in [5.41, 5.74) is 4.51. The van der Waals surface area contributed by atoms with E-state index in [4.69, 9.17) is 5.73 Å². The van der Waals surface area contributed by atoms with Gasteiger partial charge in [0.25, 0.3) is 0 Å². The standard InChI is InChI=1S/C10H17NO2/c11-9(12)8-2-1-5-10(8,13)6-7-3-4-7/h7-8,13H,1-6H2,(H2,11,12)/t8?,10-/m0/s1. The molecule has 0 heterocycles. The van der Waals surface area contributed by atoms with Crippen molar-refractivity contribution in [2.45, 2.75) is 44.1 Å². The number of rotatable bonds is 3. The zero-order valence-corrected chi connectivity index (χ0v) is 7.83. The van der Waals surface area contributed by atoms with Crippen molar-refractivity contribution in [1.29, 1.82) is 0 Å². The molecule has 0 bridgehead atoms. The molecule has 2 fully saturated rings. The Hall–Kier alpha value is -0.570. The molecule has 3 N–H and O–H groups in total. The summed E-state index contributed by atoms with van der Waals surface area (Å²) < 4.78 is 0. The van der Waals surface area contributed by atoms with E-state index in [0.717, 1.165) is 25.7 Å². The van der Waals surface area contributed by atoms with Crippen molar-refractivity contribution in [3.63, 3.8) is 0 Å². The summed E-state index contributed by atoms with van der Waals surface area (Å²) in [5, 5.41) is 10.2. The summed E-state index contributed by atoms with van der Waals surface area (Å²) in [4.78, 5) is 11.1. The van der Waals surface area contributed by atoms with Gasteiger partial charge in [0.15, 0.2) is 0 Å². The summed E-state index contributed by atoms with van der Waals surface area (Å²) in [6, 6.07) is 0. The average Bonchev–Trinajstić information content (AvgIpc) is 2.72. The molecule has 0 aliphatic heterocycles. The molecule has 74 valence electrons. The molecule has 0 aromatic heterocycles. The first-order valence-electron chi connectivity index (χ1n) is 5.13. The van der Waals surface area contributed by atoms with Gasteiger partial charge in [-0.2, -0.15) is 0 Å². The normalized spacial score (nSPS) is 39.3. The van der Waals surface area contributed by atoms with Crippen molar-refractivity contribution in [2.75, 3.05) is 0 Å². The highest BCUT2D eigenvalue weighted by Gasteiger charge is 2.47. The molecule has 13 heavy (non-hydrogen) atoms. The minimum Gasteiger partial charge on any atom is -0.389 e. The Morgan fingerprint density at radius 3 is 2.69 bits per heavy atom. The molecule has 3 heteroatoms. The maximum atomic E-state index is 11.1. The molecule has 0 saturated heterocycles. The third kappa shape index (κ3) is 1.70. The number of primary amides is 1. The highest BCUT2D eigenvalue weighted by molar-refractivity contribution is 5.78. The van der Waals surface area contributed by atoms with Gasteiger partial charge in [-0.25, -0.2) is 0 Å². The molecule has 3 nitrogen and oxygen atoms in total. The maximum absolute atomic E-state index is 11.1. The van der Waals surface area contributed by atoms with E-state index < -0.39 is 5.60 Å². The van der Waals surface area contributed by atoms with Crippen LogP contribution in [0.25, 0.3) is 0 Å². The van der Waals surface area contributed by atoms with Crippen molar-refractivity contribution in [1.82, 2.24) is 0 Å². The van der Waals surface area contributed by atoms with Gasteiger partial charge in [-0.15, -0.1) is 0 Å². The van der Waals surface area contributed by atoms with Crippen molar-refractivity contribution >= 4 is 5.91 Å². The summed E-state index contributed by atoms with van der Waals surface area (Å²) >= 11 is 0. The second-order valence-electron chi connectivity index (χ2n) is 4.60. The first-order valence-corrected chi connectivity index (χ1v) is 5.13. The lowest BCUT2D eigenvalue weighted by atomic mass is 9.85. The third-order valence-corrected chi connectivity index (χ3v) is 3.43. The summed E-state index contributed by atoms with van der Waals surface area (Å²) in [5.74, 6) is 0.0544. The first kappa shape index (κ1) is 9.00. The van der Waals surface area contributed by atoms with Crippen molar-refractivity contribution in [3.05, 3.63) is 0 Å². The molecule has 1 amide bonds. The van der Waals surface area contributed by atoms with Gasteiger partial charge < -0.3 is 10.8 Å². The molecule has 2 aliphatic carbocycles. The summed E-state index contributed by atoms with van der Waals surface area (Å²) in [7, 11) is 0. The van der Waals surface area contributed by atoms with E-state index in [2.05, 4.69) is 0 Å². The van der Waals surface area contributed by atoms with Crippen molar-refractivity contribution in [3.8, 4) is 0 Å². The van der Waals surface area contributed by atoms with E-state index in [1.165, 1.54) is 12.8 Å². The van der Waals surface area contributed by atoms with E-state index in [1.807, 2.05) is 0 Å². The molecule has 2 saturated carbocycles. The van der Waals surface area contributed by atoms with Gasteiger partial charge in [-0.05, 0) is 31.6 Å². The second-order valence-corrected chi connectivity index (χ2v) is 4.60. The molecule has 0 aromatic carbocycles. The Morgan fingerprint density at radius 2 is 2.15 bits per heavy atom. The van der Waals surface area contributed by atoms with Crippen molar-refractivity contribution < 1.29 is 9.90 Å². The number of hydrogen-bond acceptors (Lipinski definition) is 2. The number of nitrogens with two attached hydrogens (primary N) is 1. The highest BCUT2D eigenvalue weighted by atomic mass is 16.3. The van der Waals surface area contributed by atoms with Crippen LogP contribution >= 0.6 is 0 Å². The van der Waals surface area contributed by atoms with Crippen LogP contribution in [-0.4, -0.2) is 16.6 Å². The SMILES string of the molecule is NC(=O)C1CCC[C@]1(O)CC1CC1. The van der Waals surface area contributed by atoms with Crippen LogP contribution in [0.4, 0.5) is 0 Å². The van der Waals surface area contributed by atoms with Gasteiger partial charge in [0.2, 0.25) is 5.91 Å². The molecule has 0 spiro atoms. The minimum atomic E-state index is -0.757. The fourth-order valence-corrected chi connectivity index (χ4v) is 2.53. The number of carbonyl (C=O) groups excluding carboxylic acids is 1. The topological polar surface area (TPSA) is 63.3 Å². The van der Waals surface area contributed by atoms with E-state index in [-0.39, 0.29) is 11.8 Å². The zero-order valence-electron chi connectivity index (χ0n) is 7.83. The van der Waals surface area contributed by atoms with Gasteiger partial charge in [0.05, 0.1) is 11.5 Å². The molecular weight excluding hydrogens is 166 g/mol. The number of amides is 1. The fourth-order valence-electron chi connectivity index (χ4n) is 2.53. The quantitative estimate of drug-likeness (QED) is 0.680. The van der Waals surface area contributed by atoms with Gasteiger partial charge in [-0.1, -0.05) is 12.8 Å². The number of aliphatic hydroxyl groups is 1. The Kier molecular flexibility index (Phi) is 2.06. The van der Waals surface area contributed by atoms with Crippen LogP contribution in [0.1, 0.15) is 38.5 Å². The number of hydrogen-bond donors (Lipinski definition) is 2. The largest absolute Gasteiger partial charge is 0.389 e. The van der Waals surface area contributed by atoms with Gasteiger partial charge in [-0.3, -0.25) is 4.79 Å². The third-order valence-electron chi connectivity index (χ3n) is 3.43. The zero-order chi connectivity index (χ0) is 9.47. The minimum absolute atomic E-state index is 0.284. The molecular formula is C10H17NO2. The van der Waals surface area contributed by atoms with Gasteiger partial charge in [0, 0.05) is 0 Å². The van der Waals surface area contributed by atoms with Crippen LogP contribution in [0.5, 0.6) is 0 Å². The molecule has 1 unspecified atom stereocenters. The fraction of sp³-hybridized carbons (Fsp3) is 0.900. The lowest BCUT2D eigenvalue weighted by Crippen LogP contribution is -2.41. The molecule has 2 atom stereocenters. The van der Waals surface area contributed by atoms with Gasteiger partial charge >= 0.3 is 0 Å². The monoisotopic (exact) mass is 183 g/mol. The smallest absolute Gasteiger partial charge is 0.223 e. The van der Waals surface area contributed by atoms with E-state index >= 15 is 0 Å². The Morgan fingerprint density at radius 1 is 1.46 bits per heavy atom. The van der Waals surface area contributed by atoms with E-state index in [0.29, 0.717) is 5.92 Å². The molecule has 0 aromatic rings. The van der Waals surface area contributed by atoms with Crippen LogP contribution in [0.2, 0.25) is 0 Å². The average molecular weight is 183 g/mol. The van der Waals surface area contributed by atoms with Crippen LogP contribution in [0, 0.1) is 11.8 Å². The Balaban J connectivity index is 2.04. The van der Waals surface area contributed by atoms with Crippen LogP contribution < -0.4 is 5.73 Å². The molecule has 2 rings (SSSR count). The highest BCUT2D eigenvalue weighted by Crippen LogP contribution is 2.45. The lowest BCUT2D eigenvalue weighted by Gasteiger charge is -2.27. The summed E-state index contributed by atoms with van der Waals surface area (Å²) in [6.45, 7) is 0. The maximum Gasteiger partial charge on any atom is 0.223 e.